The van der Waals surface area contributed by atoms with E-state index in [0.29, 0.717) is 36.9 Å². The standard InChI is InChI=1S/C19H21FN4O2.C2HF3O2/c20-16-4-2-1-3-13(16)9-24-10-15-14(12-26-18(15)11-24)7-23-19(25)17-8-21-5-6-22-17;3-2(4,5)1(6)7/h1-6,8,14-15,18H,7,9-12H2,(H,23,25);(H,6,7)/t14-,15-,18-;/m1./s1. The highest BCUT2D eigenvalue weighted by Gasteiger charge is 2.43. The number of carboxylic acid groups (broad SMARTS) is 1. The zero-order chi connectivity index (χ0) is 24.0. The number of benzene rings is 1. The lowest BCUT2D eigenvalue weighted by Crippen LogP contribution is -2.34. The fourth-order valence-corrected chi connectivity index (χ4v) is 3.82. The van der Waals surface area contributed by atoms with Crippen LogP contribution in [0.4, 0.5) is 17.6 Å². The summed E-state index contributed by atoms with van der Waals surface area (Å²) in [4.78, 5) is 31.2. The van der Waals surface area contributed by atoms with Crippen LogP contribution in [-0.4, -0.2) is 70.4 Å². The molecule has 2 saturated heterocycles. The molecule has 0 unspecified atom stereocenters. The van der Waals surface area contributed by atoms with Crippen molar-refractivity contribution in [1.29, 1.82) is 0 Å². The van der Waals surface area contributed by atoms with E-state index in [-0.39, 0.29) is 23.7 Å². The molecule has 33 heavy (non-hydrogen) atoms. The highest BCUT2D eigenvalue weighted by Crippen LogP contribution is 2.34. The molecule has 2 aliphatic heterocycles. The molecule has 3 heterocycles. The molecule has 0 spiro atoms. The molecule has 8 nitrogen and oxygen atoms in total. The Morgan fingerprint density at radius 2 is 1.94 bits per heavy atom. The Hall–Kier alpha value is -3.12. The molecule has 1 amide bonds. The number of alkyl halides is 3. The van der Waals surface area contributed by atoms with Gasteiger partial charge in [0.1, 0.15) is 11.5 Å². The van der Waals surface area contributed by atoms with Gasteiger partial charge in [-0.1, -0.05) is 18.2 Å². The molecule has 0 radical (unpaired) electrons. The van der Waals surface area contributed by atoms with Gasteiger partial charge in [-0.15, -0.1) is 0 Å². The summed E-state index contributed by atoms with van der Waals surface area (Å²) < 4.78 is 51.5. The maximum Gasteiger partial charge on any atom is 0.490 e. The number of likely N-dealkylation sites (tertiary alicyclic amines) is 1. The Kier molecular flexibility index (Phi) is 7.92. The van der Waals surface area contributed by atoms with Crippen LogP contribution in [0.1, 0.15) is 16.1 Å². The number of hydrogen-bond acceptors (Lipinski definition) is 6. The molecule has 2 fully saturated rings. The largest absolute Gasteiger partial charge is 0.490 e. The van der Waals surface area contributed by atoms with E-state index >= 15 is 0 Å². The van der Waals surface area contributed by atoms with Crippen LogP contribution >= 0.6 is 0 Å². The number of carboxylic acids is 1. The first-order valence-corrected chi connectivity index (χ1v) is 10.1. The van der Waals surface area contributed by atoms with Crippen molar-refractivity contribution in [1.82, 2.24) is 20.2 Å². The van der Waals surface area contributed by atoms with E-state index in [2.05, 4.69) is 20.2 Å². The molecule has 2 aromatic rings. The summed E-state index contributed by atoms with van der Waals surface area (Å²) in [5, 5.41) is 10.1. The van der Waals surface area contributed by atoms with Gasteiger partial charge in [-0.25, -0.2) is 14.2 Å². The molecule has 0 bridgehead atoms. The molecular weight excluding hydrogens is 448 g/mol. The summed E-state index contributed by atoms with van der Waals surface area (Å²) in [6.45, 7) is 3.42. The van der Waals surface area contributed by atoms with Gasteiger partial charge in [0, 0.05) is 56.0 Å². The van der Waals surface area contributed by atoms with E-state index in [9.17, 15) is 22.4 Å². The highest BCUT2D eigenvalue weighted by molar-refractivity contribution is 5.91. The molecule has 0 aliphatic carbocycles. The first-order chi connectivity index (χ1) is 15.6. The molecule has 2 aliphatic rings. The normalized spacial score (nSPS) is 22.2. The summed E-state index contributed by atoms with van der Waals surface area (Å²) in [6, 6.07) is 6.88. The number of rotatable bonds is 5. The second-order valence-electron chi connectivity index (χ2n) is 7.68. The van der Waals surface area contributed by atoms with Crippen molar-refractivity contribution in [3.05, 3.63) is 59.9 Å². The van der Waals surface area contributed by atoms with Crippen molar-refractivity contribution in [2.75, 3.05) is 26.2 Å². The van der Waals surface area contributed by atoms with E-state index in [1.165, 1.54) is 24.7 Å². The molecule has 4 rings (SSSR count). The fourth-order valence-electron chi connectivity index (χ4n) is 3.82. The highest BCUT2D eigenvalue weighted by atomic mass is 19.4. The summed E-state index contributed by atoms with van der Waals surface area (Å²) in [6.07, 6.45) is -0.439. The maximum absolute atomic E-state index is 13.9. The minimum atomic E-state index is -5.08. The lowest BCUT2D eigenvalue weighted by molar-refractivity contribution is -0.192. The second kappa shape index (κ2) is 10.7. The summed E-state index contributed by atoms with van der Waals surface area (Å²) in [5.74, 6) is -2.54. The first-order valence-electron chi connectivity index (χ1n) is 10.1. The number of carbonyl (C=O) groups excluding carboxylic acids is 1. The monoisotopic (exact) mass is 470 g/mol. The number of hydrogen-bond donors (Lipinski definition) is 2. The number of halogens is 4. The number of fused-ring (bicyclic) bond motifs is 1. The number of nitrogens with zero attached hydrogens (tertiary/aromatic N) is 3. The predicted molar refractivity (Wildman–Crippen MR) is 106 cm³/mol. The Morgan fingerprint density at radius 1 is 1.21 bits per heavy atom. The second-order valence-corrected chi connectivity index (χ2v) is 7.68. The third kappa shape index (κ3) is 6.68. The molecular formula is C21H22F4N4O4. The van der Waals surface area contributed by atoms with Gasteiger partial charge in [-0.05, 0) is 6.07 Å². The van der Waals surface area contributed by atoms with Crippen molar-refractivity contribution < 1.29 is 37.0 Å². The van der Waals surface area contributed by atoms with Crippen LogP contribution in [0.3, 0.4) is 0 Å². The zero-order valence-corrected chi connectivity index (χ0v) is 17.3. The van der Waals surface area contributed by atoms with Crippen LogP contribution in [0.5, 0.6) is 0 Å². The molecule has 1 aromatic heterocycles. The number of aliphatic carboxylic acids is 1. The van der Waals surface area contributed by atoms with Crippen LogP contribution in [0.25, 0.3) is 0 Å². The maximum atomic E-state index is 13.9. The number of ether oxygens (including phenoxy) is 1. The molecule has 0 saturated carbocycles. The minimum Gasteiger partial charge on any atom is -0.475 e. The Balaban J connectivity index is 0.000000383. The van der Waals surface area contributed by atoms with E-state index in [1.807, 2.05) is 12.1 Å². The molecule has 3 atom stereocenters. The molecule has 2 N–H and O–H groups in total. The van der Waals surface area contributed by atoms with Crippen molar-refractivity contribution in [2.24, 2.45) is 11.8 Å². The van der Waals surface area contributed by atoms with E-state index in [1.54, 1.807) is 6.07 Å². The third-order valence-corrected chi connectivity index (χ3v) is 5.43. The third-order valence-electron chi connectivity index (χ3n) is 5.43. The van der Waals surface area contributed by atoms with Gasteiger partial charge in [0.15, 0.2) is 0 Å². The molecule has 12 heteroatoms. The van der Waals surface area contributed by atoms with Gasteiger partial charge in [-0.2, -0.15) is 13.2 Å². The van der Waals surface area contributed by atoms with Crippen LogP contribution in [0, 0.1) is 17.7 Å². The zero-order valence-electron chi connectivity index (χ0n) is 17.3. The van der Waals surface area contributed by atoms with Gasteiger partial charge in [-0.3, -0.25) is 14.7 Å². The smallest absolute Gasteiger partial charge is 0.475 e. The minimum absolute atomic E-state index is 0.153. The SMILES string of the molecule is O=C(NC[C@@H]1CO[C@@H]2CN(Cc3ccccc3F)C[C@H]12)c1cnccn1.O=C(O)C(F)(F)F. The van der Waals surface area contributed by atoms with Crippen molar-refractivity contribution >= 4 is 11.9 Å². The topological polar surface area (TPSA) is 105 Å². The first kappa shape index (κ1) is 24.5. The van der Waals surface area contributed by atoms with Gasteiger partial charge >= 0.3 is 12.1 Å². The Bertz CT molecular complexity index is 961. The number of carbonyl (C=O) groups is 2. The van der Waals surface area contributed by atoms with Gasteiger partial charge in [0.25, 0.3) is 5.91 Å². The van der Waals surface area contributed by atoms with Crippen LogP contribution in [0.2, 0.25) is 0 Å². The Labute approximate surface area is 186 Å². The predicted octanol–water partition coefficient (Wildman–Crippen LogP) is 2.13. The van der Waals surface area contributed by atoms with Crippen molar-refractivity contribution in [3.63, 3.8) is 0 Å². The summed E-state index contributed by atoms with van der Waals surface area (Å²) in [5.41, 5.74) is 1.02. The van der Waals surface area contributed by atoms with Crippen molar-refractivity contribution in [3.8, 4) is 0 Å². The number of aromatic nitrogens is 2. The van der Waals surface area contributed by atoms with Gasteiger partial charge < -0.3 is 15.2 Å². The molecule has 1 aromatic carbocycles. The van der Waals surface area contributed by atoms with Gasteiger partial charge in [0.2, 0.25) is 0 Å². The fraction of sp³-hybridized carbons (Fsp3) is 0.429. The van der Waals surface area contributed by atoms with E-state index in [4.69, 9.17) is 14.6 Å². The van der Waals surface area contributed by atoms with E-state index < -0.39 is 12.1 Å². The lowest BCUT2D eigenvalue weighted by Gasteiger charge is -2.20. The van der Waals surface area contributed by atoms with Crippen LogP contribution in [0.15, 0.2) is 42.9 Å². The molecule has 178 valence electrons. The summed E-state index contributed by atoms with van der Waals surface area (Å²) in [7, 11) is 0. The van der Waals surface area contributed by atoms with E-state index in [0.717, 1.165) is 13.1 Å². The number of nitrogens with one attached hydrogen (secondary N) is 1. The van der Waals surface area contributed by atoms with Crippen molar-refractivity contribution in [2.45, 2.75) is 18.8 Å². The number of amides is 1. The summed E-state index contributed by atoms with van der Waals surface area (Å²) >= 11 is 0. The average molecular weight is 470 g/mol. The van der Waals surface area contributed by atoms with Crippen LogP contribution < -0.4 is 5.32 Å². The average Bonchev–Trinajstić information content (AvgIpc) is 3.34. The Morgan fingerprint density at radius 3 is 2.58 bits per heavy atom. The van der Waals surface area contributed by atoms with Crippen LogP contribution in [-0.2, 0) is 16.1 Å². The quantitative estimate of drug-likeness (QED) is 0.645. The lowest BCUT2D eigenvalue weighted by atomic mass is 9.93. The van der Waals surface area contributed by atoms with Gasteiger partial charge in [0.05, 0.1) is 18.9 Å².